The number of thioether (sulfide) groups is 1. The Balaban J connectivity index is 2.04. The lowest BCUT2D eigenvalue weighted by Gasteiger charge is -2.11. The highest BCUT2D eigenvalue weighted by molar-refractivity contribution is 7.98. The molecular weight excluding hydrogens is 206 g/mol. The summed E-state index contributed by atoms with van der Waals surface area (Å²) in [5.41, 5.74) is 3.19. The standard InChI is InChI=1S/C11H13N3S/c12-5-11-9-6-15-7-10(9)13-14(11)8-3-1-2-4-8/h8H,1-4,6-7H2. The minimum Gasteiger partial charge on any atom is -0.251 e. The quantitative estimate of drug-likeness (QED) is 0.729. The molecule has 78 valence electrons. The van der Waals surface area contributed by atoms with E-state index in [2.05, 4.69) is 11.2 Å². The van der Waals surface area contributed by atoms with E-state index < -0.39 is 0 Å². The van der Waals surface area contributed by atoms with E-state index in [1.165, 1.54) is 31.2 Å². The molecular formula is C11H13N3S. The fourth-order valence-electron chi connectivity index (χ4n) is 2.56. The Kier molecular flexibility index (Phi) is 2.21. The zero-order chi connectivity index (χ0) is 10.3. The van der Waals surface area contributed by atoms with Crippen LogP contribution < -0.4 is 0 Å². The van der Waals surface area contributed by atoms with Gasteiger partial charge in [0.2, 0.25) is 0 Å². The SMILES string of the molecule is N#Cc1c2c(nn1C1CCCC1)CSC2. The molecule has 0 bridgehead atoms. The third-order valence-corrected chi connectivity index (χ3v) is 4.32. The number of aromatic nitrogens is 2. The number of rotatable bonds is 1. The highest BCUT2D eigenvalue weighted by Crippen LogP contribution is 2.36. The average molecular weight is 219 g/mol. The van der Waals surface area contributed by atoms with Gasteiger partial charge in [0.05, 0.1) is 11.7 Å². The summed E-state index contributed by atoms with van der Waals surface area (Å²) in [5.74, 6) is 1.97. The second-order valence-electron chi connectivity index (χ2n) is 4.26. The van der Waals surface area contributed by atoms with Crippen LogP contribution in [0.4, 0.5) is 0 Å². The molecule has 3 rings (SSSR count). The van der Waals surface area contributed by atoms with Crippen molar-refractivity contribution in [2.24, 2.45) is 0 Å². The summed E-state index contributed by atoms with van der Waals surface area (Å²) in [6, 6.07) is 2.84. The second-order valence-corrected chi connectivity index (χ2v) is 5.25. The predicted octanol–water partition coefficient (Wildman–Crippen LogP) is 2.62. The molecule has 0 saturated heterocycles. The molecule has 1 fully saturated rings. The molecule has 1 aliphatic carbocycles. The number of nitrogens with zero attached hydrogens (tertiary/aromatic N) is 3. The van der Waals surface area contributed by atoms with Gasteiger partial charge in [0, 0.05) is 17.1 Å². The van der Waals surface area contributed by atoms with Crippen molar-refractivity contribution in [1.29, 1.82) is 5.26 Å². The first-order valence-corrected chi connectivity index (χ1v) is 6.63. The first kappa shape index (κ1) is 9.29. The van der Waals surface area contributed by atoms with Gasteiger partial charge in [0.25, 0.3) is 0 Å². The van der Waals surface area contributed by atoms with Gasteiger partial charge in [-0.2, -0.15) is 22.1 Å². The summed E-state index contributed by atoms with van der Waals surface area (Å²) in [6.45, 7) is 0. The molecule has 0 spiro atoms. The Hall–Kier alpha value is -0.950. The van der Waals surface area contributed by atoms with Gasteiger partial charge in [-0.3, -0.25) is 4.68 Å². The van der Waals surface area contributed by atoms with Gasteiger partial charge in [-0.15, -0.1) is 0 Å². The molecule has 1 aromatic rings. The Bertz CT molecular complexity index is 424. The van der Waals surface area contributed by atoms with Gasteiger partial charge in [0.15, 0.2) is 0 Å². The van der Waals surface area contributed by atoms with Crippen molar-refractivity contribution in [3.63, 3.8) is 0 Å². The van der Waals surface area contributed by atoms with Crippen molar-refractivity contribution in [2.75, 3.05) is 0 Å². The van der Waals surface area contributed by atoms with Crippen LogP contribution in [0.1, 0.15) is 48.7 Å². The van der Waals surface area contributed by atoms with Crippen LogP contribution in [-0.2, 0) is 11.5 Å². The van der Waals surface area contributed by atoms with E-state index in [0.717, 1.165) is 22.9 Å². The topological polar surface area (TPSA) is 41.6 Å². The Morgan fingerprint density at radius 3 is 2.87 bits per heavy atom. The molecule has 2 aliphatic rings. The van der Waals surface area contributed by atoms with Crippen molar-refractivity contribution in [2.45, 2.75) is 43.2 Å². The van der Waals surface area contributed by atoms with Crippen molar-refractivity contribution in [3.05, 3.63) is 17.0 Å². The number of hydrogen-bond donors (Lipinski definition) is 0. The van der Waals surface area contributed by atoms with Crippen molar-refractivity contribution in [3.8, 4) is 6.07 Å². The van der Waals surface area contributed by atoms with Gasteiger partial charge in [-0.05, 0) is 12.8 Å². The highest BCUT2D eigenvalue weighted by atomic mass is 32.2. The van der Waals surface area contributed by atoms with Gasteiger partial charge >= 0.3 is 0 Å². The molecule has 0 unspecified atom stereocenters. The van der Waals surface area contributed by atoms with Crippen LogP contribution in [0, 0.1) is 11.3 Å². The van der Waals surface area contributed by atoms with Crippen LogP contribution in [0.25, 0.3) is 0 Å². The Morgan fingerprint density at radius 1 is 1.33 bits per heavy atom. The predicted molar refractivity (Wildman–Crippen MR) is 59.4 cm³/mol. The molecule has 1 saturated carbocycles. The largest absolute Gasteiger partial charge is 0.251 e. The molecule has 1 aromatic heterocycles. The molecule has 0 radical (unpaired) electrons. The minimum atomic E-state index is 0.496. The zero-order valence-corrected chi connectivity index (χ0v) is 9.39. The smallest absolute Gasteiger partial charge is 0.143 e. The molecule has 0 atom stereocenters. The molecule has 15 heavy (non-hydrogen) atoms. The van der Waals surface area contributed by atoms with E-state index in [9.17, 15) is 5.26 Å². The summed E-state index contributed by atoms with van der Waals surface area (Å²) in [5, 5.41) is 13.8. The van der Waals surface area contributed by atoms with Crippen LogP contribution in [-0.4, -0.2) is 9.78 Å². The lowest BCUT2D eigenvalue weighted by Crippen LogP contribution is -2.09. The zero-order valence-electron chi connectivity index (χ0n) is 8.57. The normalized spacial score (nSPS) is 20.5. The van der Waals surface area contributed by atoms with Crippen molar-refractivity contribution >= 4 is 11.8 Å². The lowest BCUT2D eigenvalue weighted by molar-refractivity contribution is 0.459. The lowest BCUT2D eigenvalue weighted by atomic mass is 10.2. The summed E-state index contributed by atoms with van der Waals surface area (Å²) in [6.07, 6.45) is 4.97. The molecule has 2 heterocycles. The van der Waals surface area contributed by atoms with E-state index in [1.54, 1.807) is 0 Å². The van der Waals surface area contributed by atoms with E-state index in [1.807, 2.05) is 16.4 Å². The molecule has 1 aliphatic heterocycles. The van der Waals surface area contributed by atoms with Crippen LogP contribution in [0.15, 0.2) is 0 Å². The Morgan fingerprint density at radius 2 is 2.13 bits per heavy atom. The van der Waals surface area contributed by atoms with Crippen LogP contribution >= 0.6 is 11.8 Å². The van der Waals surface area contributed by atoms with Gasteiger partial charge in [0.1, 0.15) is 11.8 Å². The summed E-state index contributed by atoms with van der Waals surface area (Å²) in [7, 11) is 0. The maximum atomic E-state index is 9.21. The fourth-order valence-corrected chi connectivity index (χ4v) is 3.60. The van der Waals surface area contributed by atoms with Gasteiger partial charge in [-0.25, -0.2) is 0 Å². The van der Waals surface area contributed by atoms with E-state index >= 15 is 0 Å². The summed E-state index contributed by atoms with van der Waals surface area (Å²) in [4.78, 5) is 0. The fraction of sp³-hybridized carbons (Fsp3) is 0.636. The van der Waals surface area contributed by atoms with E-state index in [4.69, 9.17) is 0 Å². The van der Waals surface area contributed by atoms with Crippen LogP contribution in [0.5, 0.6) is 0 Å². The maximum absolute atomic E-state index is 9.21. The molecule has 4 heteroatoms. The third kappa shape index (κ3) is 1.37. The number of hydrogen-bond acceptors (Lipinski definition) is 3. The second kappa shape index (κ2) is 3.57. The molecule has 3 nitrogen and oxygen atoms in total. The minimum absolute atomic E-state index is 0.496. The molecule has 0 aromatic carbocycles. The summed E-state index contributed by atoms with van der Waals surface area (Å²) < 4.78 is 2.01. The first-order valence-electron chi connectivity index (χ1n) is 5.48. The Labute approximate surface area is 93.5 Å². The number of fused-ring (bicyclic) bond motifs is 1. The van der Waals surface area contributed by atoms with E-state index in [0.29, 0.717) is 6.04 Å². The maximum Gasteiger partial charge on any atom is 0.143 e. The van der Waals surface area contributed by atoms with Gasteiger partial charge in [-0.1, -0.05) is 12.8 Å². The van der Waals surface area contributed by atoms with Crippen molar-refractivity contribution in [1.82, 2.24) is 9.78 Å². The highest BCUT2D eigenvalue weighted by Gasteiger charge is 2.27. The molecule has 0 N–H and O–H groups in total. The van der Waals surface area contributed by atoms with Crippen LogP contribution in [0.2, 0.25) is 0 Å². The van der Waals surface area contributed by atoms with Gasteiger partial charge < -0.3 is 0 Å². The van der Waals surface area contributed by atoms with E-state index in [-0.39, 0.29) is 0 Å². The molecule has 0 amide bonds. The number of nitriles is 1. The monoisotopic (exact) mass is 219 g/mol. The first-order chi connectivity index (χ1) is 7.40. The summed E-state index contributed by atoms with van der Waals surface area (Å²) >= 11 is 1.86. The van der Waals surface area contributed by atoms with Crippen LogP contribution in [0.3, 0.4) is 0 Å². The average Bonchev–Trinajstić information content (AvgIpc) is 2.93. The van der Waals surface area contributed by atoms with Crippen molar-refractivity contribution < 1.29 is 0 Å². The third-order valence-electron chi connectivity index (χ3n) is 3.35.